The van der Waals surface area contributed by atoms with Crippen molar-refractivity contribution in [1.29, 1.82) is 0 Å². The molecule has 1 aliphatic rings. The summed E-state index contributed by atoms with van der Waals surface area (Å²) in [6.07, 6.45) is -2.80. The first-order chi connectivity index (χ1) is 8.20. The average Bonchev–Trinajstić information content (AvgIpc) is 2.35. The van der Waals surface area contributed by atoms with E-state index in [2.05, 4.69) is 5.32 Å². The van der Waals surface area contributed by atoms with Gasteiger partial charge in [-0.15, -0.1) is 0 Å². The Morgan fingerprint density at radius 2 is 1.94 bits per heavy atom. The zero-order chi connectivity index (χ0) is 12.3. The molecule has 1 aliphatic heterocycles. The molecule has 5 heteroatoms. The number of nitrogens with one attached hydrogen (secondary N) is 1. The van der Waals surface area contributed by atoms with Crippen LogP contribution in [0.4, 0.5) is 5.69 Å². The molecule has 4 N–H and O–H groups in total. The van der Waals surface area contributed by atoms with Crippen LogP contribution in [0.3, 0.4) is 0 Å². The van der Waals surface area contributed by atoms with Gasteiger partial charge in [0.15, 0.2) is 0 Å². The number of hydrogen-bond acceptors (Lipinski definition) is 5. The third kappa shape index (κ3) is 2.95. The van der Waals surface area contributed by atoms with E-state index in [4.69, 9.17) is 9.84 Å². The summed E-state index contributed by atoms with van der Waals surface area (Å²) >= 11 is 0. The van der Waals surface area contributed by atoms with Crippen LogP contribution in [0.1, 0.15) is 6.42 Å². The van der Waals surface area contributed by atoms with Crippen LogP contribution in [-0.2, 0) is 4.74 Å². The maximum atomic E-state index is 9.65. The Hall–Kier alpha value is -1.14. The number of aliphatic hydroxyl groups is 3. The highest BCUT2D eigenvalue weighted by Crippen LogP contribution is 2.21. The van der Waals surface area contributed by atoms with Gasteiger partial charge in [0.2, 0.25) is 0 Å². The van der Waals surface area contributed by atoms with Crippen LogP contribution in [0.5, 0.6) is 0 Å². The lowest BCUT2D eigenvalue weighted by Crippen LogP contribution is -2.51. The van der Waals surface area contributed by atoms with Crippen molar-refractivity contribution in [2.24, 2.45) is 0 Å². The summed E-state index contributed by atoms with van der Waals surface area (Å²) < 4.78 is 5.45. The molecule has 1 aromatic rings. The van der Waals surface area contributed by atoms with E-state index in [0.29, 0.717) is 0 Å². The smallest absolute Gasteiger partial charge is 0.130 e. The number of hydrogen-bond donors (Lipinski definition) is 4. The fraction of sp³-hybridized carbons (Fsp3) is 0.500. The van der Waals surface area contributed by atoms with Crippen LogP contribution in [0, 0.1) is 0 Å². The van der Waals surface area contributed by atoms with E-state index >= 15 is 0 Å². The van der Waals surface area contributed by atoms with Crippen molar-refractivity contribution < 1.29 is 20.1 Å². The number of benzene rings is 1. The van der Waals surface area contributed by atoms with Gasteiger partial charge in [-0.25, -0.2) is 0 Å². The van der Waals surface area contributed by atoms with Gasteiger partial charge in [0.05, 0.1) is 12.7 Å². The van der Waals surface area contributed by atoms with Gasteiger partial charge < -0.3 is 25.4 Å². The van der Waals surface area contributed by atoms with Gasteiger partial charge in [-0.1, -0.05) is 18.2 Å². The molecule has 2 rings (SSSR count). The largest absolute Gasteiger partial charge is 0.394 e. The highest BCUT2D eigenvalue weighted by atomic mass is 16.5. The van der Waals surface area contributed by atoms with E-state index in [0.717, 1.165) is 5.69 Å². The molecule has 94 valence electrons. The first-order valence-electron chi connectivity index (χ1n) is 5.64. The first-order valence-corrected chi connectivity index (χ1v) is 5.64. The SMILES string of the molecule is OC[C@H]1OC(Nc2ccccc2)C[C@@H](O)[C@@H]1O. The van der Waals surface area contributed by atoms with Gasteiger partial charge in [-0.2, -0.15) is 0 Å². The molecular weight excluding hydrogens is 222 g/mol. The Kier molecular flexibility index (Phi) is 3.96. The van der Waals surface area contributed by atoms with Gasteiger partial charge in [0, 0.05) is 12.1 Å². The van der Waals surface area contributed by atoms with Gasteiger partial charge in [-0.05, 0) is 12.1 Å². The molecule has 1 saturated heterocycles. The molecule has 5 nitrogen and oxygen atoms in total. The van der Waals surface area contributed by atoms with Gasteiger partial charge in [-0.3, -0.25) is 0 Å². The molecule has 0 aliphatic carbocycles. The van der Waals surface area contributed by atoms with Crippen molar-refractivity contribution >= 4 is 5.69 Å². The second kappa shape index (κ2) is 5.46. The summed E-state index contributed by atoms with van der Waals surface area (Å²) in [5.74, 6) is 0. The fourth-order valence-corrected chi connectivity index (χ4v) is 1.92. The van der Waals surface area contributed by atoms with Crippen LogP contribution < -0.4 is 5.32 Å². The molecule has 0 aromatic heterocycles. The minimum absolute atomic E-state index is 0.284. The molecule has 1 aromatic carbocycles. The van der Waals surface area contributed by atoms with Crippen LogP contribution in [0.25, 0.3) is 0 Å². The van der Waals surface area contributed by atoms with Gasteiger partial charge in [0.1, 0.15) is 18.4 Å². The minimum atomic E-state index is -1.03. The standard InChI is InChI=1S/C12H17NO4/c14-7-10-12(16)9(15)6-11(17-10)13-8-4-2-1-3-5-8/h1-5,9-16H,6-7H2/t9-,10-,11?,12+/m1/s1. The lowest BCUT2D eigenvalue weighted by Gasteiger charge is -2.36. The topological polar surface area (TPSA) is 82.0 Å². The molecule has 0 spiro atoms. The third-order valence-electron chi connectivity index (χ3n) is 2.85. The normalized spacial score (nSPS) is 33.4. The van der Waals surface area contributed by atoms with E-state index < -0.39 is 24.5 Å². The summed E-state index contributed by atoms with van der Waals surface area (Å²) in [4.78, 5) is 0. The molecule has 1 fully saturated rings. The van der Waals surface area contributed by atoms with Crippen LogP contribution >= 0.6 is 0 Å². The van der Waals surface area contributed by atoms with Crippen molar-refractivity contribution in [1.82, 2.24) is 0 Å². The molecule has 17 heavy (non-hydrogen) atoms. The predicted octanol–water partition coefficient (Wildman–Crippen LogP) is -0.0724. The van der Waals surface area contributed by atoms with Crippen molar-refractivity contribution in [2.75, 3.05) is 11.9 Å². The van der Waals surface area contributed by atoms with Crippen molar-refractivity contribution in [3.05, 3.63) is 30.3 Å². The molecule has 0 radical (unpaired) electrons. The predicted molar refractivity (Wildman–Crippen MR) is 62.4 cm³/mol. The number of para-hydroxylation sites is 1. The molecule has 1 unspecified atom stereocenters. The maximum absolute atomic E-state index is 9.65. The minimum Gasteiger partial charge on any atom is -0.394 e. The second-order valence-corrected chi connectivity index (χ2v) is 4.15. The quantitative estimate of drug-likeness (QED) is 0.593. The zero-order valence-electron chi connectivity index (χ0n) is 9.36. The van der Waals surface area contributed by atoms with Crippen molar-refractivity contribution in [3.8, 4) is 0 Å². The zero-order valence-corrected chi connectivity index (χ0v) is 9.36. The molecule has 4 atom stereocenters. The molecule has 0 saturated carbocycles. The second-order valence-electron chi connectivity index (χ2n) is 4.15. The Morgan fingerprint density at radius 3 is 2.59 bits per heavy atom. The van der Waals surface area contributed by atoms with E-state index in [9.17, 15) is 10.2 Å². The Bertz CT molecular complexity index is 346. The molecule has 0 bridgehead atoms. The highest BCUT2D eigenvalue weighted by Gasteiger charge is 2.36. The Morgan fingerprint density at radius 1 is 1.24 bits per heavy atom. The van der Waals surface area contributed by atoms with Crippen LogP contribution in [0.2, 0.25) is 0 Å². The summed E-state index contributed by atoms with van der Waals surface area (Å²) in [7, 11) is 0. The summed E-state index contributed by atoms with van der Waals surface area (Å²) in [6, 6.07) is 9.45. The Labute approximate surface area is 99.7 Å². The van der Waals surface area contributed by atoms with Crippen LogP contribution in [0.15, 0.2) is 30.3 Å². The lowest BCUT2D eigenvalue weighted by atomic mass is 10.0. The van der Waals surface area contributed by atoms with E-state index in [1.807, 2.05) is 30.3 Å². The number of anilines is 1. The average molecular weight is 239 g/mol. The van der Waals surface area contributed by atoms with Gasteiger partial charge >= 0.3 is 0 Å². The van der Waals surface area contributed by atoms with E-state index in [1.54, 1.807) is 0 Å². The molecular formula is C12H17NO4. The first kappa shape index (κ1) is 12.3. The van der Waals surface area contributed by atoms with Gasteiger partial charge in [0.25, 0.3) is 0 Å². The van der Waals surface area contributed by atoms with Crippen LogP contribution in [-0.4, -0.2) is 46.5 Å². The Balaban J connectivity index is 1.98. The number of rotatable bonds is 3. The third-order valence-corrected chi connectivity index (χ3v) is 2.85. The van der Waals surface area contributed by atoms with E-state index in [1.165, 1.54) is 0 Å². The fourth-order valence-electron chi connectivity index (χ4n) is 1.92. The van der Waals surface area contributed by atoms with Crippen molar-refractivity contribution in [2.45, 2.75) is 31.0 Å². The lowest BCUT2D eigenvalue weighted by molar-refractivity contribution is -0.172. The monoisotopic (exact) mass is 239 g/mol. The molecule has 1 heterocycles. The van der Waals surface area contributed by atoms with Crippen molar-refractivity contribution in [3.63, 3.8) is 0 Å². The maximum Gasteiger partial charge on any atom is 0.130 e. The number of ether oxygens (including phenoxy) is 1. The summed E-state index contributed by atoms with van der Waals surface area (Å²) in [5.41, 5.74) is 0.873. The summed E-state index contributed by atoms with van der Waals surface area (Å²) in [6.45, 7) is -0.314. The number of aliphatic hydroxyl groups excluding tert-OH is 3. The molecule has 0 amide bonds. The summed E-state index contributed by atoms with van der Waals surface area (Å²) in [5, 5.41) is 31.3. The van der Waals surface area contributed by atoms with E-state index in [-0.39, 0.29) is 13.0 Å². The highest BCUT2D eigenvalue weighted by molar-refractivity contribution is 5.43.